The molecule has 0 spiro atoms. The summed E-state index contributed by atoms with van der Waals surface area (Å²) < 4.78 is 5.21. The minimum absolute atomic E-state index is 0.194. The number of rotatable bonds is 4. The van der Waals surface area contributed by atoms with E-state index in [0.717, 1.165) is 18.2 Å². The van der Waals surface area contributed by atoms with Gasteiger partial charge in [0.2, 0.25) is 0 Å². The van der Waals surface area contributed by atoms with E-state index in [1.54, 1.807) is 0 Å². The lowest BCUT2D eigenvalue weighted by atomic mass is 9.90. The third-order valence-electron chi connectivity index (χ3n) is 3.77. The van der Waals surface area contributed by atoms with Crippen molar-refractivity contribution < 1.29 is 45.3 Å². The van der Waals surface area contributed by atoms with Crippen LogP contribution in [0.5, 0.6) is 11.5 Å². The van der Waals surface area contributed by atoms with Crippen LogP contribution < -0.4 is 0 Å². The Balaban J connectivity index is 2.40. The Morgan fingerprint density at radius 1 is 1.08 bits per heavy atom. The molecule has 132 valence electrons. The maximum absolute atomic E-state index is 11.5. The molecule has 1 heterocycles. The Labute approximate surface area is 136 Å². The second-order valence-corrected chi connectivity index (χ2v) is 5.40. The van der Waals surface area contributed by atoms with Gasteiger partial charge in [0.15, 0.2) is 11.5 Å². The van der Waals surface area contributed by atoms with Crippen molar-refractivity contribution in [3.05, 3.63) is 29.3 Å². The highest BCUT2D eigenvalue weighted by Gasteiger charge is 2.46. The van der Waals surface area contributed by atoms with E-state index in [1.807, 2.05) is 0 Å². The number of aliphatic carboxylic acids is 1. The van der Waals surface area contributed by atoms with E-state index in [9.17, 15) is 35.4 Å². The number of phenolic OH excluding ortho intramolecular Hbond substituents is 2. The van der Waals surface area contributed by atoms with Gasteiger partial charge in [-0.15, -0.1) is 0 Å². The Morgan fingerprint density at radius 3 is 2.29 bits per heavy atom. The van der Waals surface area contributed by atoms with Crippen LogP contribution in [0.4, 0.5) is 0 Å². The third kappa shape index (κ3) is 3.50. The van der Waals surface area contributed by atoms with Crippen LogP contribution in [0.3, 0.4) is 0 Å². The zero-order chi connectivity index (χ0) is 18.0. The Morgan fingerprint density at radius 2 is 1.75 bits per heavy atom. The Hall–Kier alpha value is -2.17. The smallest absolute Gasteiger partial charge is 0.334 e. The molecule has 1 saturated heterocycles. The predicted molar refractivity (Wildman–Crippen MR) is 79.2 cm³/mol. The number of aliphatic hydroxyl groups is 4. The fourth-order valence-corrected chi connectivity index (χ4v) is 2.43. The number of carboxylic acid groups (broad SMARTS) is 1. The molecule has 0 unspecified atom stereocenters. The van der Waals surface area contributed by atoms with Crippen LogP contribution in [-0.2, 0) is 9.53 Å². The monoisotopic (exact) mass is 342 g/mol. The van der Waals surface area contributed by atoms with Crippen molar-refractivity contribution in [3.63, 3.8) is 0 Å². The first-order valence-electron chi connectivity index (χ1n) is 7.03. The number of hydrogen-bond acceptors (Lipinski definition) is 8. The van der Waals surface area contributed by atoms with Crippen molar-refractivity contribution in [2.24, 2.45) is 0 Å². The van der Waals surface area contributed by atoms with Gasteiger partial charge in [0, 0.05) is 0 Å². The van der Waals surface area contributed by atoms with E-state index in [1.165, 1.54) is 6.07 Å². The number of carbonyl (C=O) groups is 1. The largest absolute Gasteiger partial charge is 0.504 e. The lowest BCUT2D eigenvalue weighted by molar-refractivity contribution is -0.220. The van der Waals surface area contributed by atoms with Gasteiger partial charge in [-0.1, -0.05) is 6.07 Å². The van der Waals surface area contributed by atoms with Crippen molar-refractivity contribution in [3.8, 4) is 11.5 Å². The SMILES string of the molecule is O=C(O)/C(=C/c1ccc(O)c(O)c1)[C@H]1O[C@H](CO)[C@@H](O)[C@H](O)[C@H]1O. The maximum atomic E-state index is 11.5. The fourth-order valence-electron chi connectivity index (χ4n) is 2.43. The average molecular weight is 342 g/mol. The molecule has 0 bridgehead atoms. The van der Waals surface area contributed by atoms with E-state index < -0.39 is 60.2 Å². The normalized spacial score (nSPS) is 31.0. The molecule has 1 aliphatic heterocycles. The Bertz CT molecular complexity index is 640. The molecule has 1 aromatic carbocycles. The average Bonchev–Trinajstić information content (AvgIpc) is 2.54. The summed E-state index contributed by atoms with van der Waals surface area (Å²) in [7, 11) is 0. The minimum atomic E-state index is -1.74. The summed E-state index contributed by atoms with van der Waals surface area (Å²) in [6.45, 7) is -0.686. The molecule has 7 N–H and O–H groups in total. The summed E-state index contributed by atoms with van der Waals surface area (Å²) in [5.74, 6) is -2.33. The summed E-state index contributed by atoms with van der Waals surface area (Å²) in [5.41, 5.74) is -0.267. The van der Waals surface area contributed by atoms with Gasteiger partial charge < -0.3 is 40.5 Å². The summed E-state index contributed by atoms with van der Waals surface area (Å²) in [6, 6.07) is 3.57. The zero-order valence-corrected chi connectivity index (χ0v) is 12.4. The van der Waals surface area contributed by atoms with E-state index in [4.69, 9.17) is 9.84 Å². The molecule has 0 saturated carbocycles. The molecule has 9 nitrogen and oxygen atoms in total. The van der Waals surface area contributed by atoms with E-state index >= 15 is 0 Å². The van der Waals surface area contributed by atoms with Crippen LogP contribution >= 0.6 is 0 Å². The fraction of sp³-hybridized carbons (Fsp3) is 0.400. The van der Waals surface area contributed by atoms with Crippen molar-refractivity contribution in [1.29, 1.82) is 0 Å². The van der Waals surface area contributed by atoms with E-state index in [2.05, 4.69) is 0 Å². The molecule has 24 heavy (non-hydrogen) atoms. The van der Waals surface area contributed by atoms with Gasteiger partial charge in [0.05, 0.1) is 12.2 Å². The predicted octanol–water partition coefficient (Wildman–Crippen LogP) is -1.59. The topological polar surface area (TPSA) is 168 Å². The number of benzene rings is 1. The summed E-state index contributed by atoms with van der Waals surface area (Å²) in [5, 5.41) is 66.7. The molecule has 1 aromatic rings. The maximum Gasteiger partial charge on any atom is 0.334 e. The van der Waals surface area contributed by atoms with Gasteiger partial charge in [0.25, 0.3) is 0 Å². The Kier molecular flexibility index (Phi) is 5.42. The van der Waals surface area contributed by atoms with Gasteiger partial charge in [-0.3, -0.25) is 0 Å². The molecule has 1 aliphatic rings. The highest BCUT2D eigenvalue weighted by Crippen LogP contribution is 2.29. The van der Waals surface area contributed by atoms with Crippen molar-refractivity contribution in [2.75, 3.05) is 6.61 Å². The standard InChI is InChI=1S/C15H18O9/c16-5-10-11(19)12(20)13(21)14(24-10)7(15(22)23)3-6-1-2-8(17)9(18)4-6/h1-4,10-14,16-21H,5H2,(H,22,23)/b7-3+/t10-,11-,12+,13-,14-/m1/s1. The van der Waals surface area contributed by atoms with Gasteiger partial charge in [-0.25, -0.2) is 4.79 Å². The van der Waals surface area contributed by atoms with E-state index in [-0.39, 0.29) is 5.56 Å². The van der Waals surface area contributed by atoms with Crippen LogP contribution in [0.1, 0.15) is 5.56 Å². The van der Waals surface area contributed by atoms with Crippen LogP contribution in [0, 0.1) is 0 Å². The molecule has 2 rings (SSSR count). The number of ether oxygens (including phenoxy) is 1. The van der Waals surface area contributed by atoms with Gasteiger partial charge in [0.1, 0.15) is 30.5 Å². The zero-order valence-electron chi connectivity index (χ0n) is 12.4. The molecule has 0 amide bonds. The van der Waals surface area contributed by atoms with Crippen molar-refractivity contribution >= 4 is 12.0 Å². The highest BCUT2D eigenvalue weighted by atomic mass is 16.5. The molecular formula is C15H18O9. The van der Waals surface area contributed by atoms with Crippen molar-refractivity contribution in [1.82, 2.24) is 0 Å². The molecule has 0 aromatic heterocycles. The number of aliphatic hydroxyl groups excluding tert-OH is 4. The molecule has 0 aliphatic carbocycles. The summed E-state index contributed by atoms with van der Waals surface area (Å²) in [4.78, 5) is 11.5. The summed E-state index contributed by atoms with van der Waals surface area (Å²) >= 11 is 0. The number of aromatic hydroxyl groups is 2. The van der Waals surface area contributed by atoms with Gasteiger partial charge in [-0.2, -0.15) is 0 Å². The van der Waals surface area contributed by atoms with Crippen LogP contribution in [0.15, 0.2) is 23.8 Å². The number of carboxylic acids is 1. The van der Waals surface area contributed by atoms with Gasteiger partial charge >= 0.3 is 5.97 Å². The lowest BCUT2D eigenvalue weighted by Crippen LogP contribution is -2.59. The molecule has 9 heteroatoms. The second-order valence-electron chi connectivity index (χ2n) is 5.40. The first kappa shape index (κ1) is 18.2. The van der Waals surface area contributed by atoms with Crippen LogP contribution in [0.25, 0.3) is 6.08 Å². The number of phenols is 2. The second kappa shape index (κ2) is 7.16. The molecule has 0 radical (unpaired) electrons. The number of hydrogen-bond donors (Lipinski definition) is 7. The first-order valence-corrected chi connectivity index (χ1v) is 7.03. The van der Waals surface area contributed by atoms with E-state index in [0.29, 0.717) is 0 Å². The lowest BCUT2D eigenvalue weighted by Gasteiger charge is -2.40. The molecule has 1 fully saturated rings. The molecule has 5 atom stereocenters. The van der Waals surface area contributed by atoms with Crippen LogP contribution in [-0.4, -0.2) is 78.8 Å². The highest BCUT2D eigenvalue weighted by molar-refractivity contribution is 5.93. The third-order valence-corrected chi connectivity index (χ3v) is 3.77. The van der Waals surface area contributed by atoms with Gasteiger partial charge in [-0.05, 0) is 23.8 Å². The summed E-state index contributed by atoms with van der Waals surface area (Å²) in [6.07, 6.45) is -6.74. The van der Waals surface area contributed by atoms with Crippen molar-refractivity contribution in [2.45, 2.75) is 30.5 Å². The first-order chi connectivity index (χ1) is 11.3. The molecular weight excluding hydrogens is 324 g/mol. The van der Waals surface area contributed by atoms with Crippen LogP contribution in [0.2, 0.25) is 0 Å². The minimum Gasteiger partial charge on any atom is -0.504 e. The quantitative estimate of drug-likeness (QED) is 0.252.